The standard InChI is InChI=1S/C16H22FN3O3S2/c17-13-3-5-15(6-4-13)25(21,22)20-9-7-19(8-10-20)16(24)18-12-14-2-1-11-23-14/h3-6,14H,1-2,7-12H2,(H,18,24)/t14-/m1/s1. The predicted octanol–water partition coefficient (Wildman–Crippen LogP) is 1.19. The van der Waals surface area contributed by atoms with Gasteiger partial charge in [0.2, 0.25) is 10.0 Å². The van der Waals surface area contributed by atoms with Crippen molar-refractivity contribution in [3.63, 3.8) is 0 Å². The molecule has 1 aromatic carbocycles. The highest BCUT2D eigenvalue weighted by Gasteiger charge is 2.29. The molecule has 3 rings (SSSR count). The lowest BCUT2D eigenvalue weighted by atomic mass is 10.2. The van der Waals surface area contributed by atoms with Crippen LogP contribution in [0.15, 0.2) is 29.2 Å². The van der Waals surface area contributed by atoms with Crippen LogP contribution >= 0.6 is 12.2 Å². The van der Waals surface area contributed by atoms with E-state index in [0.29, 0.717) is 37.8 Å². The third-order valence-corrected chi connectivity index (χ3v) is 6.80. The maximum absolute atomic E-state index is 13.0. The zero-order valence-electron chi connectivity index (χ0n) is 13.9. The first-order valence-corrected chi connectivity index (χ1v) is 10.2. The SMILES string of the molecule is O=S(=O)(c1ccc(F)cc1)N1CCN(C(=S)NC[C@H]2CCCO2)CC1. The van der Waals surface area contributed by atoms with Gasteiger partial charge in [-0.15, -0.1) is 0 Å². The lowest BCUT2D eigenvalue weighted by molar-refractivity contribution is 0.113. The summed E-state index contributed by atoms with van der Waals surface area (Å²) in [4.78, 5) is 2.09. The second-order valence-electron chi connectivity index (χ2n) is 6.17. The summed E-state index contributed by atoms with van der Waals surface area (Å²) in [6.45, 7) is 3.24. The Morgan fingerprint density at radius 1 is 1.24 bits per heavy atom. The van der Waals surface area contributed by atoms with Crippen LogP contribution in [0, 0.1) is 5.82 Å². The average Bonchev–Trinajstić information content (AvgIpc) is 3.14. The third-order valence-electron chi connectivity index (χ3n) is 4.48. The van der Waals surface area contributed by atoms with E-state index in [0.717, 1.165) is 31.6 Å². The molecule has 0 aliphatic carbocycles. The molecule has 138 valence electrons. The van der Waals surface area contributed by atoms with E-state index in [1.807, 2.05) is 4.90 Å². The molecule has 1 atom stereocenters. The monoisotopic (exact) mass is 387 g/mol. The minimum Gasteiger partial charge on any atom is -0.376 e. The highest BCUT2D eigenvalue weighted by molar-refractivity contribution is 7.89. The number of thiocarbonyl (C=S) groups is 1. The largest absolute Gasteiger partial charge is 0.376 e. The number of nitrogens with one attached hydrogen (secondary N) is 1. The molecule has 0 aromatic heterocycles. The minimum absolute atomic E-state index is 0.112. The molecule has 0 bridgehead atoms. The van der Waals surface area contributed by atoms with E-state index in [1.54, 1.807) is 0 Å². The average molecular weight is 388 g/mol. The van der Waals surface area contributed by atoms with Crippen molar-refractivity contribution in [3.05, 3.63) is 30.1 Å². The van der Waals surface area contributed by atoms with Gasteiger partial charge in [-0.25, -0.2) is 12.8 Å². The topological polar surface area (TPSA) is 61.9 Å². The van der Waals surface area contributed by atoms with Gasteiger partial charge < -0.3 is 15.0 Å². The molecule has 1 N–H and O–H groups in total. The van der Waals surface area contributed by atoms with Crippen molar-refractivity contribution in [2.75, 3.05) is 39.3 Å². The Bertz CT molecular complexity index is 698. The zero-order chi connectivity index (χ0) is 17.9. The van der Waals surface area contributed by atoms with Crippen molar-refractivity contribution in [2.24, 2.45) is 0 Å². The van der Waals surface area contributed by atoms with Crippen LogP contribution in [0.2, 0.25) is 0 Å². The smallest absolute Gasteiger partial charge is 0.243 e. The molecule has 0 radical (unpaired) electrons. The fourth-order valence-corrected chi connectivity index (χ4v) is 4.69. The molecule has 0 spiro atoms. The van der Waals surface area contributed by atoms with Crippen LogP contribution < -0.4 is 5.32 Å². The van der Waals surface area contributed by atoms with Crippen LogP contribution in [0.5, 0.6) is 0 Å². The Labute approximate surface area is 153 Å². The van der Waals surface area contributed by atoms with E-state index in [9.17, 15) is 12.8 Å². The van der Waals surface area contributed by atoms with E-state index in [1.165, 1.54) is 16.4 Å². The molecule has 2 aliphatic rings. The van der Waals surface area contributed by atoms with Crippen LogP contribution in [-0.2, 0) is 14.8 Å². The van der Waals surface area contributed by atoms with Crippen LogP contribution in [-0.4, -0.2) is 68.2 Å². The van der Waals surface area contributed by atoms with Crippen LogP contribution in [0.25, 0.3) is 0 Å². The van der Waals surface area contributed by atoms with Crippen LogP contribution in [0.1, 0.15) is 12.8 Å². The van der Waals surface area contributed by atoms with Gasteiger partial charge in [0, 0.05) is 39.3 Å². The second-order valence-corrected chi connectivity index (χ2v) is 8.49. The van der Waals surface area contributed by atoms with Crippen molar-refractivity contribution < 1.29 is 17.5 Å². The van der Waals surface area contributed by atoms with E-state index in [-0.39, 0.29) is 11.0 Å². The normalized spacial score (nSPS) is 22.1. The third kappa shape index (κ3) is 4.46. The molecule has 0 saturated carbocycles. The number of ether oxygens (including phenoxy) is 1. The Hall–Kier alpha value is -1.29. The van der Waals surface area contributed by atoms with Gasteiger partial charge in [0.15, 0.2) is 5.11 Å². The van der Waals surface area contributed by atoms with Crippen molar-refractivity contribution in [1.29, 1.82) is 0 Å². The van der Waals surface area contributed by atoms with E-state index < -0.39 is 15.8 Å². The van der Waals surface area contributed by atoms with E-state index >= 15 is 0 Å². The molecule has 25 heavy (non-hydrogen) atoms. The first-order valence-electron chi connectivity index (χ1n) is 8.37. The molecule has 9 heteroatoms. The van der Waals surface area contributed by atoms with E-state index in [2.05, 4.69) is 5.32 Å². The summed E-state index contributed by atoms with van der Waals surface area (Å²) in [5.41, 5.74) is 0. The van der Waals surface area contributed by atoms with Crippen LogP contribution in [0.4, 0.5) is 4.39 Å². The summed E-state index contributed by atoms with van der Waals surface area (Å²) in [7, 11) is -3.60. The minimum atomic E-state index is -3.60. The number of nitrogens with zero attached hydrogens (tertiary/aromatic N) is 2. The molecule has 2 heterocycles. The van der Waals surface area contributed by atoms with Gasteiger partial charge in [-0.1, -0.05) is 0 Å². The maximum atomic E-state index is 13.0. The lowest BCUT2D eigenvalue weighted by Gasteiger charge is -2.35. The van der Waals surface area contributed by atoms with Gasteiger partial charge in [-0.3, -0.25) is 0 Å². The molecule has 2 aliphatic heterocycles. The first kappa shape index (κ1) is 18.5. The molecule has 6 nitrogen and oxygen atoms in total. The van der Waals surface area contributed by atoms with Gasteiger partial charge >= 0.3 is 0 Å². The van der Waals surface area contributed by atoms with Crippen molar-refractivity contribution in [1.82, 2.24) is 14.5 Å². The lowest BCUT2D eigenvalue weighted by Crippen LogP contribution is -2.53. The zero-order valence-corrected chi connectivity index (χ0v) is 15.5. The number of sulfonamides is 1. The summed E-state index contributed by atoms with van der Waals surface area (Å²) in [5.74, 6) is -0.452. The number of hydrogen-bond donors (Lipinski definition) is 1. The van der Waals surface area contributed by atoms with Crippen molar-refractivity contribution >= 4 is 27.4 Å². The Morgan fingerprint density at radius 3 is 2.52 bits per heavy atom. The summed E-state index contributed by atoms with van der Waals surface area (Å²) < 4.78 is 45.2. The number of piperazine rings is 1. The summed E-state index contributed by atoms with van der Waals surface area (Å²) in [6.07, 6.45) is 2.33. The summed E-state index contributed by atoms with van der Waals surface area (Å²) >= 11 is 5.40. The van der Waals surface area contributed by atoms with Gasteiger partial charge in [-0.2, -0.15) is 4.31 Å². The Morgan fingerprint density at radius 2 is 1.92 bits per heavy atom. The predicted molar refractivity (Wildman–Crippen MR) is 96.3 cm³/mol. The highest BCUT2D eigenvalue weighted by Crippen LogP contribution is 2.18. The van der Waals surface area contributed by atoms with Gasteiger partial charge in [0.05, 0.1) is 11.0 Å². The number of benzene rings is 1. The number of hydrogen-bond acceptors (Lipinski definition) is 4. The van der Waals surface area contributed by atoms with Crippen LogP contribution in [0.3, 0.4) is 0 Å². The number of rotatable bonds is 4. The molecular formula is C16H22FN3O3S2. The Balaban J connectivity index is 1.52. The summed E-state index contributed by atoms with van der Waals surface area (Å²) in [6, 6.07) is 4.91. The van der Waals surface area contributed by atoms with E-state index in [4.69, 9.17) is 17.0 Å². The molecule has 2 fully saturated rings. The van der Waals surface area contributed by atoms with Gasteiger partial charge in [-0.05, 0) is 49.3 Å². The molecule has 0 unspecified atom stereocenters. The van der Waals surface area contributed by atoms with Crippen molar-refractivity contribution in [3.8, 4) is 0 Å². The molecule has 2 saturated heterocycles. The first-order chi connectivity index (χ1) is 12.0. The number of halogens is 1. The molecule has 0 amide bonds. The van der Waals surface area contributed by atoms with Gasteiger partial charge in [0.1, 0.15) is 5.82 Å². The Kier molecular flexibility index (Phi) is 5.88. The second kappa shape index (κ2) is 7.94. The molecular weight excluding hydrogens is 365 g/mol. The fourth-order valence-electron chi connectivity index (χ4n) is 3.01. The van der Waals surface area contributed by atoms with Gasteiger partial charge in [0.25, 0.3) is 0 Å². The molecule has 1 aromatic rings. The maximum Gasteiger partial charge on any atom is 0.243 e. The van der Waals surface area contributed by atoms with Crippen molar-refractivity contribution in [2.45, 2.75) is 23.8 Å². The quantitative estimate of drug-likeness (QED) is 0.783. The fraction of sp³-hybridized carbons (Fsp3) is 0.562. The summed E-state index contributed by atoms with van der Waals surface area (Å²) in [5, 5.41) is 3.84. The highest BCUT2D eigenvalue weighted by atomic mass is 32.2.